The molecule has 19 heavy (non-hydrogen) atoms. The highest BCUT2D eigenvalue weighted by Crippen LogP contribution is 2.37. The minimum atomic E-state index is -0.0756. The molecular formula is C15H22N2O2. The Morgan fingerprint density at radius 1 is 1.42 bits per heavy atom. The number of methoxy groups -OCH3 is 1. The molecule has 1 aromatic carbocycles. The van der Waals surface area contributed by atoms with Gasteiger partial charge in [-0.25, -0.2) is 0 Å². The molecular weight excluding hydrogens is 240 g/mol. The van der Waals surface area contributed by atoms with Crippen LogP contribution in [0.5, 0.6) is 5.75 Å². The van der Waals surface area contributed by atoms with Gasteiger partial charge in [-0.2, -0.15) is 0 Å². The lowest BCUT2D eigenvalue weighted by Crippen LogP contribution is -2.33. The molecule has 2 rings (SSSR count). The number of carbonyl (C=O) groups excluding carboxylic acids is 1. The van der Waals surface area contributed by atoms with Crippen molar-refractivity contribution in [3.05, 3.63) is 23.8 Å². The van der Waals surface area contributed by atoms with Crippen LogP contribution in [0.1, 0.15) is 43.5 Å². The molecule has 1 aromatic rings. The van der Waals surface area contributed by atoms with Gasteiger partial charge in [0.05, 0.1) is 7.11 Å². The summed E-state index contributed by atoms with van der Waals surface area (Å²) in [5, 5.41) is 3.08. The molecule has 1 fully saturated rings. The van der Waals surface area contributed by atoms with Crippen LogP contribution in [0.2, 0.25) is 0 Å². The standard InChI is InChI=1S/C15H22N2O2/c1-15(2)5-4-12(9-15)17-14(18)10-6-11(16)8-13(7-10)19-3/h6-8,12H,4-5,9,16H2,1-3H3,(H,17,18). The summed E-state index contributed by atoms with van der Waals surface area (Å²) in [5.41, 5.74) is 7.18. The maximum atomic E-state index is 12.2. The number of carbonyl (C=O) groups is 1. The summed E-state index contributed by atoms with van der Waals surface area (Å²) in [6, 6.07) is 5.36. The summed E-state index contributed by atoms with van der Waals surface area (Å²) in [7, 11) is 1.57. The van der Waals surface area contributed by atoms with Crippen LogP contribution in [-0.2, 0) is 0 Å². The minimum Gasteiger partial charge on any atom is -0.497 e. The zero-order valence-electron chi connectivity index (χ0n) is 11.8. The number of hydrogen-bond acceptors (Lipinski definition) is 3. The van der Waals surface area contributed by atoms with Crippen molar-refractivity contribution in [1.82, 2.24) is 5.32 Å². The number of rotatable bonds is 3. The van der Waals surface area contributed by atoms with Crippen LogP contribution in [0.4, 0.5) is 5.69 Å². The highest BCUT2D eigenvalue weighted by atomic mass is 16.5. The Kier molecular flexibility index (Phi) is 3.69. The largest absolute Gasteiger partial charge is 0.497 e. The third kappa shape index (κ3) is 3.40. The normalized spacial score (nSPS) is 21.1. The number of amides is 1. The molecule has 0 heterocycles. The Balaban J connectivity index is 2.06. The van der Waals surface area contributed by atoms with E-state index in [2.05, 4.69) is 19.2 Å². The number of nitrogen functional groups attached to an aromatic ring is 1. The molecule has 0 spiro atoms. The van der Waals surface area contributed by atoms with Crippen LogP contribution in [-0.4, -0.2) is 19.1 Å². The fraction of sp³-hybridized carbons (Fsp3) is 0.533. The lowest BCUT2D eigenvalue weighted by molar-refractivity contribution is 0.0935. The summed E-state index contributed by atoms with van der Waals surface area (Å²) >= 11 is 0. The van der Waals surface area contributed by atoms with Gasteiger partial charge in [0.1, 0.15) is 5.75 Å². The molecule has 0 aliphatic heterocycles. The van der Waals surface area contributed by atoms with Gasteiger partial charge in [-0.3, -0.25) is 4.79 Å². The number of anilines is 1. The zero-order chi connectivity index (χ0) is 14.0. The Morgan fingerprint density at radius 3 is 2.74 bits per heavy atom. The molecule has 1 saturated carbocycles. The van der Waals surface area contributed by atoms with Crippen LogP contribution < -0.4 is 15.8 Å². The second kappa shape index (κ2) is 5.11. The van der Waals surface area contributed by atoms with Crippen molar-refractivity contribution in [2.45, 2.75) is 39.2 Å². The smallest absolute Gasteiger partial charge is 0.251 e. The zero-order valence-corrected chi connectivity index (χ0v) is 11.8. The van der Waals surface area contributed by atoms with Gasteiger partial charge in [0.15, 0.2) is 0 Å². The second-order valence-corrected chi connectivity index (χ2v) is 6.07. The van der Waals surface area contributed by atoms with Gasteiger partial charge in [-0.1, -0.05) is 13.8 Å². The summed E-state index contributed by atoms with van der Waals surface area (Å²) in [6.45, 7) is 4.48. The van der Waals surface area contributed by atoms with Crippen molar-refractivity contribution in [3.8, 4) is 5.75 Å². The average Bonchev–Trinajstić information content (AvgIpc) is 2.67. The van der Waals surface area contributed by atoms with Crippen molar-refractivity contribution in [2.75, 3.05) is 12.8 Å². The quantitative estimate of drug-likeness (QED) is 0.823. The SMILES string of the molecule is COc1cc(N)cc(C(=O)NC2CCC(C)(C)C2)c1. The number of ether oxygens (including phenoxy) is 1. The fourth-order valence-corrected chi connectivity index (χ4v) is 2.70. The third-order valence-corrected chi connectivity index (χ3v) is 3.73. The topological polar surface area (TPSA) is 64.3 Å². The van der Waals surface area contributed by atoms with E-state index in [9.17, 15) is 4.79 Å². The number of nitrogens with two attached hydrogens (primary N) is 1. The van der Waals surface area contributed by atoms with Gasteiger partial charge in [-0.05, 0) is 36.8 Å². The fourth-order valence-electron chi connectivity index (χ4n) is 2.70. The lowest BCUT2D eigenvalue weighted by atomic mass is 9.92. The minimum absolute atomic E-state index is 0.0756. The molecule has 0 saturated heterocycles. The summed E-state index contributed by atoms with van der Waals surface area (Å²) in [4.78, 5) is 12.2. The van der Waals surface area contributed by atoms with Gasteiger partial charge in [0.2, 0.25) is 0 Å². The first-order valence-corrected chi connectivity index (χ1v) is 6.65. The Hall–Kier alpha value is -1.71. The van der Waals surface area contributed by atoms with Crippen LogP contribution in [0.3, 0.4) is 0 Å². The molecule has 0 bridgehead atoms. The second-order valence-electron chi connectivity index (χ2n) is 6.07. The van der Waals surface area contributed by atoms with E-state index >= 15 is 0 Å². The average molecular weight is 262 g/mol. The highest BCUT2D eigenvalue weighted by molar-refractivity contribution is 5.95. The van der Waals surface area contributed by atoms with E-state index in [1.807, 2.05) is 0 Å². The predicted octanol–water partition coefficient (Wildman–Crippen LogP) is 2.59. The van der Waals surface area contributed by atoms with E-state index in [-0.39, 0.29) is 11.9 Å². The van der Waals surface area contributed by atoms with Crippen molar-refractivity contribution in [1.29, 1.82) is 0 Å². The van der Waals surface area contributed by atoms with Gasteiger partial charge in [0.25, 0.3) is 5.91 Å². The van der Waals surface area contributed by atoms with Crippen molar-refractivity contribution in [2.24, 2.45) is 5.41 Å². The van der Waals surface area contributed by atoms with Crippen molar-refractivity contribution >= 4 is 11.6 Å². The molecule has 1 amide bonds. The van der Waals surface area contributed by atoms with Crippen LogP contribution in [0.15, 0.2) is 18.2 Å². The van der Waals surface area contributed by atoms with E-state index < -0.39 is 0 Å². The van der Waals surface area contributed by atoms with E-state index in [0.717, 1.165) is 19.3 Å². The van der Waals surface area contributed by atoms with Crippen molar-refractivity contribution in [3.63, 3.8) is 0 Å². The van der Waals surface area contributed by atoms with Crippen molar-refractivity contribution < 1.29 is 9.53 Å². The molecule has 4 heteroatoms. The molecule has 1 aliphatic carbocycles. The van der Waals surface area contributed by atoms with Gasteiger partial charge in [0, 0.05) is 23.4 Å². The summed E-state index contributed by atoms with van der Waals surface area (Å²) in [6.07, 6.45) is 3.22. The van der Waals surface area contributed by atoms with Crippen LogP contribution in [0, 0.1) is 5.41 Å². The van der Waals surface area contributed by atoms with E-state index in [0.29, 0.717) is 22.4 Å². The first-order valence-electron chi connectivity index (χ1n) is 6.65. The summed E-state index contributed by atoms with van der Waals surface area (Å²) in [5.74, 6) is 0.533. The summed E-state index contributed by atoms with van der Waals surface area (Å²) < 4.78 is 5.13. The van der Waals surface area contributed by atoms with E-state index in [4.69, 9.17) is 10.5 Å². The first kappa shape index (κ1) is 13.7. The number of hydrogen-bond donors (Lipinski definition) is 2. The first-order chi connectivity index (χ1) is 8.89. The van der Waals surface area contributed by atoms with Gasteiger partial charge in [-0.15, -0.1) is 0 Å². The monoisotopic (exact) mass is 262 g/mol. The molecule has 1 atom stereocenters. The molecule has 104 valence electrons. The lowest BCUT2D eigenvalue weighted by Gasteiger charge is -2.18. The number of benzene rings is 1. The molecule has 4 nitrogen and oxygen atoms in total. The predicted molar refractivity (Wildman–Crippen MR) is 76.3 cm³/mol. The molecule has 1 unspecified atom stereocenters. The van der Waals surface area contributed by atoms with Crippen LogP contribution in [0.25, 0.3) is 0 Å². The highest BCUT2D eigenvalue weighted by Gasteiger charge is 2.31. The molecule has 0 radical (unpaired) electrons. The van der Waals surface area contributed by atoms with E-state index in [1.54, 1.807) is 25.3 Å². The Bertz CT molecular complexity index is 483. The van der Waals surface area contributed by atoms with Crippen LogP contribution >= 0.6 is 0 Å². The maximum absolute atomic E-state index is 12.2. The van der Waals surface area contributed by atoms with Gasteiger partial charge < -0.3 is 15.8 Å². The Labute approximate surface area is 114 Å². The molecule has 1 aliphatic rings. The maximum Gasteiger partial charge on any atom is 0.251 e. The Morgan fingerprint density at radius 2 is 2.16 bits per heavy atom. The number of nitrogens with one attached hydrogen (secondary N) is 1. The van der Waals surface area contributed by atoms with E-state index in [1.165, 1.54) is 0 Å². The third-order valence-electron chi connectivity index (χ3n) is 3.73. The van der Waals surface area contributed by atoms with Gasteiger partial charge >= 0.3 is 0 Å². The molecule has 0 aromatic heterocycles. The molecule has 3 N–H and O–H groups in total.